The molecule has 1 N–H and O–H groups in total. The van der Waals surface area contributed by atoms with E-state index in [1.807, 2.05) is 11.8 Å². The minimum absolute atomic E-state index is 0.468. The molecular weight excluding hydrogens is 236 g/mol. The quantitative estimate of drug-likeness (QED) is 0.681. The van der Waals surface area contributed by atoms with Crippen molar-refractivity contribution in [1.29, 1.82) is 0 Å². The highest BCUT2D eigenvalue weighted by Gasteiger charge is 2.25. The molecule has 1 heterocycles. The van der Waals surface area contributed by atoms with E-state index in [0.29, 0.717) is 6.10 Å². The Balaban J connectivity index is 1.95. The van der Waals surface area contributed by atoms with Gasteiger partial charge in [0.15, 0.2) is 0 Å². The van der Waals surface area contributed by atoms with Crippen molar-refractivity contribution in [2.24, 2.45) is 5.41 Å². The Morgan fingerprint density at radius 2 is 2.24 bits per heavy atom. The average Bonchev–Trinajstić information content (AvgIpc) is 2.75. The summed E-state index contributed by atoms with van der Waals surface area (Å²) in [7, 11) is 0. The van der Waals surface area contributed by atoms with E-state index in [9.17, 15) is 4.79 Å². The zero-order valence-corrected chi connectivity index (χ0v) is 11.7. The van der Waals surface area contributed by atoms with Crippen molar-refractivity contribution in [3.8, 4) is 0 Å². The van der Waals surface area contributed by atoms with Crippen LogP contribution in [0, 0.1) is 5.41 Å². The summed E-state index contributed by atoms with van der Waals surface area (Å²) in [4.78, 5) is 10.9. The summed E-state index contributed by atoms with van der Waals surface area (Å²) in [5, 5.41) is 8.97. The lowest BCUT2D eigenvalue weighted by atomic mass is 9.88. The highest BCUT2D eigenvalue weighted by Crippen LogP contribution is 2.24. The number of ether oxygens (including phenoxy) is 1. The molecule has 0 saturated carbocycles. The van der Waals surface area contributed by atoms with Crippen LogP contribution in [0.2, 0.25) is 0 Å². The molecule has 1 unspecified atom stereocenters. The Kier molecular flexibility index (Phi) is 6.34. The molecule has 100 valence electrons. The lowest BCUT2D eigenvalue weighted by molar-refractivity contribution is -0.147. The topological polar surface area (TPSA) is 46.5 Å². The van der Waals surface area contributed by atoms with Gasteiger partial charge in [-0.05, 0) is 45.3 Å². The zero-order chi connectivity index (χ0) is 12.7. The van der Waals surface area contributed by atoms with Crippen molar-refractivity contribution in [3.63, 3.8) is 0 Å². The summed E-state index contributed by atoms with van der Waals surface area (Å²) in [5.41, 5.74) is -0.570. The van der Waals surface area contributed by atoms with Gasteiger partial charge in [-0.3, -0.25) is 4.79 Å². The van der Waals surface area contributed by atoms with E-state index in [2.05, 4.69) is 0 Å². The van der Waals surface area contributed by atoms with Gasteiger partial charge in [-0.15, -0.1) is 0 Å². The zero-order valence-electron chi connectivity index (χ0n) is 10.9. The molecule has 0 aromatic heterocycles. The SMILES string of the molecule is CC(C)(CCCCSCC1CCCO1)C(=O)O. The summed E-state index contributed by atoms with van der Waals surface area (Å²) >= 11 is 1.94. The summed E-state index contributed by atoms with van der Waals surface area (Å²) in [6, 6.07) is 0. The smallest absolute Gasteiger partial charge is 0.309 e. The maximum atomic E-state index is 10.9. The van der Waals surface area contributed by atoms with Crippen LogP contribution in [0.3, 0.4) is 0 Å². The third kappa shape index (κ3) is 5.77. The Morgan fingerprint density at radius 3 is 2.82 bits per heavy atom. The predicted molar refractivity (Wildman–Crippen MR) is 71.6 cm³/mol. The molecule has 4 heteroatoms. The number of unbranched alkanes of at least 4 members (excludes halogenated alkanes) is 1. The van der Waals surface area contributed by atoms with E-state index in [1.54, 1.807) is 13.8 Å². The van der Waals surface area contributed by atoms with E-state index < -0.39 is 11.4 Å². The average molecular weight is 260 g/mol. The number of carbonyl (C=O) groups is 1. The van der Waals surface area contributed by atoms with Gasteiger partial charge in [0, 0.05) is 12.4 Å². The molecule has 0 amide bonds. The summed E-state index contributed by atoms with van der Waals surface area (Å²) in [6.07, 6.45) is 5.75. The largest absolute Gasteiger partial charge is 0.481 e. The van der Waals surface area contributed by atoms with Crippen LogP contribution in [0.1, 0.15) is 46.0 Å². The third-order valence-corrected chi connectivity index (χ3v) is 4.43. The Hall–Kier alpha value is -0.220. The molecule has 17 heavy (non-hydrogen) atoms. The fraction of sp³-hybridized carbons (Fsp3) is 0.923. The third-order valence-electron chi connectivity index (χ3n) is 3.25. The summed E-state index contributed by atoms with van der Waals surface area (Å²) in [6.45, 7) is 4.53. The van der Waals surface area contributed by atoms with Crippen molar-refractivity contribution in [2.45, 2.75) is 52.1 Å². The molecule has 1 fully saturated rings. The first-order valence-corrected chi connectivity index (χ1v) is 7.60. The number of hydrogen-bond donors (Lipinski definition) is 1. The number of carboxylic acids is 1. The van der Waals surface area contributed by atoms with E-state index in [4.69, 9.17) is 9.84 Å². The van der Waals surface area contributed by atoms with Crippen molar-refractivity contribution >= 4 is 17.7 Å². The second-order valence-corrected chi connectivity index (χ2v) is 6.51. The van der Waals surface area contributed by atoms with Gasteiger partial charge in [-0.25, -0.2) is 0 Å². The predicted octanol–water partition coefficient (Wildman–Crippen LogP) is 3.18. The molecule has 0 aromatic carbocycles. The van der Waals surface area contributed by atoms with Gasteiger partial charge in [0.2, 0.25) is 0 Å². The van der Waals surface area contributed by atoms with Crippen molar-refractivity contribution in [3.05, 3.63) is 0 Å². The van der Waals surface area contributed by atoms with Gasteiger partial charge in [0.1, 0.15) is 0 Å². The summed E-state index contributed by atoms with van der Waals surface area (Å²) in [5.74, 6) is 1.53. The van der Waals surface area contributed by atoms with Gasteiger partial charge in [-0.2, -0.15) is 11.8 Å². The lowest BCUT2D eigenvalue weighted by Gasteiger charge is -2.18. The van der Waals surface area contributed by atoms with Crippen molar-refractivity contribution < 1.29 is 14.6 Å². The van der Waals surface area contributed by atoms with Crippen molar-refractivity contribution in [1.82, 2.24) is 0 Å². The molecular formula is C13H24O3S. The number of hydrogen-bond acceptors (Lipinski definition) is 3. The molecule has 1 rings (SSSR count). The number of carboxylic acid groups (broad SMARTS) is 1. The molecule has 0 aromatic rings. The highest BCUT2D eigenvalue weighted by molar-refractivity contribution is 7.99. The fourth-order valence-electron chi connectivity index (χ4n) is 1.87. The van der Waals surface area contributed by atoms with Crippen LogP contribution in [-0.2, 0) is 9.53 Å². The first-order chi connectivity index (χ1) is 8.02. The highest BCUT2D eigenvalue weighted by atomic mass is 32.2. The van der Waals surface area contributed by atoms with E-state index in [-0.39, 0.29) is 0 Å². The van der Waals surface area contributed by atoms with Crippen LogP contribution in [0.25, 0.3) is 0 Å². The molecule has 0 spiro atoms. The van der Waals surface area contributed by atoms with Gasteiger partial charge < -0.3 is 9.84 Å². The lowest BCUT2D eigenvalue weighted by Crippen LogP contribution is -2.23. The molecule has 1 atom stereocenters. The van der Waals surface area contributed by atoms with Crippen molar-refractivity contribution in [2.75, 3.05) is 18.1 Å². The van der Waals surface area contributed by atoms with Gasteiger partial charge in [-0.1, -0.05) is 6.42 Å². The normalized spacial score (nSPS) is 20.7. The Morgan fingerprint density at radius 1 is 1.47 bits per heavy atom. The number of aliphatic carboxylic acids is 1. The van der Waals surface area contributed by atoms with E-state index >= 15 is 0 Å². The van der Waals surface area contributed by atoms with Crippen LogP contribution in [0.4, 0.5) is 0 Å². The van der Waals surface area contributed by atoms with Crippen LogP contribution < -0.4 is 0 Å². The molecule has 1 aliphatic rings. The van der Waals surface area contributed by atoms with Crippen LogP contribution >= 0.6 is 11.8 Å². The second-order valence-electron chi connectivity index (χ2n) is 5.36. The monoisotopic (exact) mass is 260 g/mol. The first-order valence-electron chi connectivity index (χ1n) is 6.45. The summed E-state index contributed by atoms with van der Waals surface area (Å²) < 4.78 is 5.55. The molecule has 0 radical (unpaired) electrons. The molecule has 0 bridgehead atoms. The molecule has 0 aliphatic carbocycles. The standard InChI is InChI=1S/C13H24O3S/c1-13(2,12(14)15)7-3-4-9-17-10-11-6-5-8-16-11/h11H,3-10H2,1-2H3,(H,14,15). The minimum Gasteiger partial charge on any atom is -0.481 e. The number of rotatable bonds is 8. The molecule has 1 aliphatic heterocycles. The first kappa shape index (κ1) is 14.8. The maximum Gasteiger partial charge on any atom is 0.309 e. The van der Waals surface area contributed by atoms with Crippen LogP contribution in [0.5, 0.6) is 0 Å². The number of thioether (sulfide) groups is 1. The van der Waals surface area contributed by atoms with E-state index in [1.165, 1.54) is 12.8 Å². The van der Waals surface area contributed by atoms with Gasteiger partial charge >= 0.3 is 5.97 Å². The second kappa shape index (κ2) is 7.27. The molecule has 1 saturated heterocycles. The van der Waals surface area contributed by atoms with Crippen LogP contribution in [0.15, 0.2) is 0 Å². The van der Waals surface area contributed by atoms with Gasteiger partial charge in [0.05, 0.1) is 11.5 Å². The minimum atomic E-state index is -0.690. The van der Waals surface area contributed by atoms with Crippen LogP contribution in [-0.4, -0.2) is 35.3 Å². The van der Waals surface area contributed by atoms with E-state index in [0.717, 1.165) is 37.4 Å². The Bertz CT molecular complexity index is 235. The molecule has 3 nitrogen and oxygen atoms in total. The Labute approximate surface area is 108 Å². The van der Waals surface area contributed by atoms with Gasteiger partial charge in [0.25, 0.3) is 0 Å². The maximum absolute atomic E-state index is 10.9. The fourth-order valence-corrected chi connectivity index (χ4v) is 2.97.